The molecule has 1 aromatic carbocycles. The molecule has 0 fully saturated rings. The standard InChI is InChI=1S/C7H2Cl2FNO/c8-5-1-4(10)2-6(9)7(5)11-3-12/h1-2H. The molecule has 0 aliphatic carbocycles. The minimum Gasteiger partial charge on any atom is -0.211 e. The fourth-order valence-electron chi connectivity index (χ4n) is 0.687. The van der Waals surface area contributed by atoms with Crippen LogP contribution in [-0.4, -0.2) is 6.08 Å². The van der Waals surface area contributed by atoms with Crippen LogP contribution in [0.4, 0.5) is 10.1 Å². The van der Waals surface area contributed by atoms with Gasteiger partial charge in [-0.05, 0) is 12.1 Å². The van der Waals surface area contributed by atoms with Gasteiger partial charge >= 0.3 is 0 Å². The first-order valence-corrected chi connectivity index (χ1v) is 3.63. The van der Waals surface area contributed by atoms with Crippen molar-refractivity contribution in [2.45, 2.75) is 0 Å². The second kappa shape index (κ2) is 3.68. The number of aliphatic imine (C=N–C) groups is 1. The van der Waals surface area contributed by atoms with E-state index >= 15 is 0 Å². The van der Waals surface area contributed by atoms with Crippen molar-refractivity contribution in [1.29, 1.82) is 0 Å². The highest BCUT2D eigenvalue weighted by Crippen LogP contribution is 2.33. The molecule has 0 N–H and O–H groups in total. The van der Waals surface area contributed by atoms with Gasteiger partial charge in [-0.15, -0.1) is 0 Å². The third-order valence-corrected chi connectivity index (χ3v) is 1.72. The molecule has 0 radical (unpaired) electrons. The fourth-order valence-corrected chi connectivity index (χ4v) is 1.23. The molecule has 0 aromatic heterocycles. The number of halogens is 3. The Morgan fingerprint density at radius 3 is 2.25 bits per heavy atom. The Kier molecular flexibility index (Phi) is 2.82. The summed E-state index contributed by atoms with van der Waals surface area (Å²) in [4.78, 5) is 13.1. The Bertz CT molecular complexity index is 337. The summed E-state index contributed by atoms with van der Waals surface area (Å²) in [5.74, 6) is -0.574. The molecule has 2 nitrogen and oxygen atoms in total. The van der Waals surface area contributed by atoms with Crippen LogP contribution in [0.3, 0.4) is 0 Å². The largest absolute Gasteiger partial charge is 0.240 e. The van der Waals surface area contributed by atoms with E-state index in [1.54, 1.807) is 0 Å². The van der Waals surface area contributed by atoms with E-state index in [0.717, 1.165) is 12.1 Å². The Hall–Kier alpha value is -0.890. The van der Waals surface area contributed by atoms with Gasteiger partial charge < -0.3 is 0 Å². The van der Waals surface area contributed by atoms with E-state index in [4.69, 9.17) is 23.2 Å². The summed E-state index contributed by atoms with van der Waals surface area (Å²) in [5, 5.41) is -0.0216. The van der Waals surface area contributed by atoms with Crippen molar-refractivity contribution in [2.24, 2.45) is 4.99 Å². The van der Waals surface area contributed by atoms with Crippen molar-refractivity contribution in [2.75, 3.05) is 0 Å². The number of isocyanates is 1. The second-order valence-electron chi connectivity index (χ2n) is 1.92. The van der Waals surface area contributed by atoms with Crippen LogP contribution in [0.1, 0.15) is 0 Å². The third-order valence-electron chi connectivity index (χ3n) is 1.14. The van der Waals surface area contributed by atoms with E-state index in [0.29, 0.717) is 0 Å². The van der Waals surface area contributed by atoms with Crippen molar-refractivity contribution in [1.82, 2.24) is 0 Å². The molecule has 0 spiro atoms. The first-order valence-electron chi connectivity index (χ1n) is 2.87. The van der Waals surface area contributed by atoms with E-state index in [9.17, 15) is 9.18 Å². The smallest absolute Gasteiger partial charge is 0.211 e. The predicted molar refractivity (Wildman–Crippen MR) is 44.2 cm³/mol. The van der Waals surface area contributed by atoms with Gasteiger partial charge in [0.1, 0.15) is 11.5 Å². The molecule has 0 aliphatic rings. The van der Waals surface area contributed by atoms with Crippen molar-refractivity contribution < 1.29 is 9.18 Å². The van der Waals surface area contributed by atoms with Crippen LogP contribution in [0.15, 0.2) is 17.1 Å². The second-order valence-corrected chi connectivity index (χ2v) is 2.74. The molecule has 0 saturated carbocycles. The van der Waals surface area contributed by atoms with E-state index in [1.807, 2.05) is 0 Å². The SMILES string of the molecule is O=C=Nc1c(Cl)cc(F)cc1Cl. The molecule has 0 amide bonds. The lowest BCUT2D eigenvalue weighted by atomic mass is 10.3. The highest BCUT2D eigenvalue weighted by atomic mass is 35.5. The van der Waals surface area contributed by atoms with Gasteiger partial charge in [-0.25, -0.2) is 9.18 Å². The molecular weight excluding hydrogens is 204 g/mol. The summed E-state index contributed by atoms with van der Waals surface area (Å²) in [5.41, 5.74) is 0.0368. The number of benzene rings is 1. The van der Waals surface area contributed by atoms with Crippen molar-refractivity contribution in [3.05, 3.63) is 28.0 Å². The summed E-state index contributed by atoms with van der Waals surface area (Å²) >= 11 is 11.0. The molecule has 62 valence electrons. The van der Waals surface area contributed by atoms with E-state index < -0.39 is 5.82 Å². The quantitative estimate of drug-likeness (QED) is 0.512. The normalized spacial score (nSPS) is 9.25. The van der Waals surface area contributed by atoms with Crippen molar-refractivity contribution >= 4 is 35.0 Å². The molecule has 0 unspecified atom stereocenters. The van der Waals surface area contributed by atoms with Crippen LogP contribution in [0, 0.1) is 5.82 Å². The maximum absolute atomic E-state index is 12.5. The highest BCUT2D eigenvalue weighted by molar-refractivity contribution is 6.38. The Balaban J connectivity index is 3.37. The number of hydrogen-bond donors (Lipinski definition) is 0. The predicted octanol–water partition coefficient (Wildman–Crippen LogP) is 3.10. The lowest BCUT2D eigenvalue weighted by molar-refractivity contribution is 0.565. The molecule has 0 atom stereocenters. The lowest BCUT2D eigenvalue weighted by Crippen LogP contribution is -1.76. The van der Waals surface area contributed by atoms with Crippen molar-refractivity contribution in [3.8, 4) is 0 Å². The van der Waals surface area contributed by atoms with Crippen LogP contribution in [-0.2, 0) is 4.79 Å². The third kappa shape index (κ3) is 1.83. The summed E-state index contributed by atoms with van der Waals surface area (Å²) < 4.78 is 12.5. The molecule has 5 heteroatoms. The van der Waals surface area contributed by atoms with Crippen LogP contribution < -0.4 is 0 Å². The zero-order chi connectivity index (χ0) is 9.14. The Morgan fingerprint density at radius 1 is 1.33 bits per heavy atom. The summed E-state index contributed by atoms with van der Waals surface area (Å²) in [7, 11) is 0. The molecule has 1 aromatic rings. The number of rotatable bonds is 1. The first kappa shape index (κ1) is 9.20. The monoisotopic (exact) mass is 205 g/mol. The van der Waals surface area contributed by atoms with Gasteiger partial charge in [-0.1, -0.05) is 23.2 Å². The minimum atomic E-state index is -0.574. The molecule has 0 heterocycles. The van der Waals surface area contributed by atoms with Crippen LogP contribution in [0.25, 0.3) is 0 Å². The van der Waals surface area contributed by atoms with E-state index in [1.165, 1.54) is 6.08 Å². The Morgan fingerprint density at radius 2 is 1.83 bits per heavy atom. The van der Waals surface area contributed by atoms with Gasteiger partial charge in [0.05, 0.1) is 10.0 Å². The van der Waals surface area contributed by atoms with Gasteiger partial charge in [0.15, 0.2) is 0 Å². The van der Waals surface area contributed by atoms with Crippen LogP contribution in [0.2, 0.25) is 10.0 Å². The summed E-state index contributed by atoms with van der Waals surface area (Å²) in [6.07, 6.45) is 1.27. The summed E-state index contributed by atoms with van der Waals surface area (Å²) in [6.45, 7) is 0. The number of nitrogens with zero attached hydrogens (tertiary/aromatic N) is 1. The van der Waals surface area contributed by atoms with Crippen molar-refractivity contribution in [3.63, 3.8) is 0 Å². The lowest BCUT2D eigenvalue weighted by Gasteiger charge is -1.98. The van der Waals surface area contributed by atoms with Gasteiger partial charge in [-0.2, -0.15) is 4.99 Å². The minimum absolute atomic E-state index is 0.0108. The molecule has 1 rings (SSSR count). The van der Waals surface area contributed by atoms with E-state index in [2.05, 4.69) is 4.99 Å². The summed E-state index contributed by atoms with van der Waals surface area (Å²) in [6, 6.07) is 2.03. The maximum Gasteiger partial charge on any atom is 0.240 e. The fraction of sp³-hybridized carbons (Fsp3) is 0. The number of hydrogen-bond acceptors (Lipinski definition) is 2. The first-order chi connectivity index (χ1) is 5.65. The molecule has 0 bridgehead atoms. The van der Waals surface area contributed by atoms with Gasteiger partial charge in [0.2, 0.25) is 6.08 Å². The number of carbonyl (C=O) groups excluding carboxylic acids is 1. The zero-order valence-electron chi connectivity index (χ0n) is 5.64. The zero-order valence-corrected chi connectivity index (χ0v) is 7.16. The van der Waals surface area contributed by atoms with Crippen LogP contribution in [0.5, 0.6) is 0 Å². The highest BCUT2D eigenvalue weighted by Gasteiger charge is 2.06. The average molecular weight is 206 g/mol. The molecule has 0 aliphatic heterocycles. The van der Waals surface area contributed by atoms with Crippen LogP contribution >= 0.6 is 23.2 Å². The van der Waals surface area contributed by atoms with E-state index in [-0.39, 0.29) is 15.7 Å². The molecule has 0 saturated heterocycles. The Labute approximate surface area is 77.6 Å². The average Bonchev–Trinajstić information content (AvgIpc) is 1.96. The van der Waals surface area contributed by atoms with Gasteiger partial charge in [-0.3, -0.25) is 0 Å². The maximum atomic E-state index is 12.5. The van der Waals surface area contributed by atoms with Gasteiger partial charge in [0.25, 0.3) is 0 Å². The van der Waals surface area contributed by atoms with Gasteiger partial charge in [0, 0.05) is 0 Å². The molecule has 12 heavy (non-hydrogen) atoms. The topological polar surface area (TPSA) is 29.4 Å². The molecular formula is C7H2Cl2FNO.